The molecule has 0 radical (unpaired) electrons. The summed E-state index contributed by atoms with van der Waals surface area (Å²) >= 11 is 0. The Morgan fingerprint density at radius 3 is 2.83 bits per heavy atom. The van der Waals surface area contributed by atoms with Crippen LogP contribution in [0, 0.1) is 0 Å². The molecule has 1 saturated heterocycles. The molecule has 66 valence electrons. The average Bonchev–Trinajstić information content (AvgIpc) is 2.21. The van der Waals surface area contributed by atoms with Crippen molar-refractivity contribution in [2.45, 2.75) is 0 Å². The molecule has 0 aromatic rings. The summed E-state index contributed by atoms with van der Waals surface area (Å²) in [6, 6.07) is 0. The van der Waals surface area contributed by atoms with Gasteiger partial charge in [0.1, 0.15) is 0 Å². The lowest BCUT2D eigenvalue weighted by atomic mass is 10.2. The van der Waals surface area contributed by atoms with E-state index < -0.39 is 0 Å². The van der Waals surface area contributed by atoms with Crippen molar-refractivity contribution in [1.82, 2.24) is 10.2 Å². The highest BCUT2D eigenvalue weighted by Crippen LogP contribution is 2.09. The Labute approximate surface area is 72.7 Å². The van der Waals surface area contributed by atoms with Crippen molar-refractivity contribution in [3.8, 4) is 0 Å². The van der Waals surface area contributed by atoms with Crippen LogP contribution in [-0.2, 0) is 4.74 Å². The summed E-state index contributed by atoms with van der Waals surface area (Å²) in [7, 11) is 0. The second-order valence-electron chi connectivity index (χ2n) is 2.97. The summed E-state index contributed by atoms with van der Waals surface area (Å²) in [5.41, 5.74) is 1.33. The molecule has 2 aliphatic rings. The second kappa shape index (κ2) is 3.63. The number of hydrogen-bond donors (Lipinski definition) is 1. The van der Waals surface area contributed by atoms with Gasteiger partial charge in [0.25, 0.3) is 0 Å². The van der Waals surface area contributed by atoms with Crippen molar-refractivity contribution in [2.24, 2.45) is 0 Å². The molecule has 0 saturated carbocycles. The zero-order chi connectivity index (χ0) is 8.23. The molecule has 2 heterocycles. The zero-order valence-electron chi connectivity index (χ0n) is 7.12. The van der Waals surface area contributed by atoms with E-state index in [1.54, 1.807) is 0 Å². The second-order valence-corrected chi connectivity index (χ2v) is 2.97. The van der Waals surface area contributed by atoms with Crippen molar-refractivity contribution in [3.63, 3.8) is 0 Å². The Hall–Kier alpha value is -0.960. The molecule has 0 spiro atoms. The minimum Gasteiger partial charge on any atom is -0.387 e. The number of dihydropyridines is 1. The van der Waals surface area contributed by atoms with Gasteiger partial charge in [-0.25, -0.2) is 0 Å². The van der Waals surface area contributed by atoms with Crippen molar-refractivity contribution >= 4 is 0 Å². The van der Waals surface area contributed by atoms with Crippen molar-refractivity contribution < 1.29 is 4.74 Å². The molecule has 12 heavy (non-hydrogen) atoms. The molecule has 3 nitrogen and oxygen atoms in total. The van der Waals surface area contributed by atoms with Gasteiger partial charge in [-0.05, 0) is 18.4 Å². The number of rotatable bonds is 1. The standard InChI is InChI=1S/C9H14N2O/c1-3-10-4-2-9(1)11-5-7-12-8-6-11/h1-3,10H,4-8H2. The fraction of sp³-hybridized carbons (Fsp3) is 0.556. The van der Waals surface area contributed by atoms with E-state index in [4.69, 9.17) is 4.74 Å². The van der Waals surface area contributed by atoms with Crippen LogP contribution in [0.25, 0.3) is 0 Å². The van der Waals surface area contributed by atoms with Crippen LogP contribution in [0.3, 0.4) is 0 Å². The van der Waals surface area contributed by atoms with Gasteiger partial charge in [-0.15, -0.1) is 0 Å². The minimum atomic E-state index is 0.860. The maximum absolute atomic E-state index is 5.28. The van der Waals surface area contributed by atoms with E-state index in [9.17, 15) is 0 Å². The number of hydrogen-bond acceptors (Lipinski definition) is 3. The molecular weight excluding hydrogens is 152 g/mol. The lowest BCUT2D eigenvalue weighted by Gasteiger charge is -2.30. The predicted molar refractivity (Wildman–Crippen MR) is 47.6 cm³/mol. The fourth-order valence-electron chi connectivity index (χ4n) is 1.50. The lowest BCUT2D eigenvalue weighted by Crippen LogP contribution is -2.36. The quantitative estimate of drug-likeness (QED) is 0.607. The van der Waals surface area contributed by atoms with Crippen LogP contribution in [0.1, 0.15) is 0 Å². The first-order valence-electron chi connectivity index (χ1n) is 4.39. The molecule has 1 fully saturated rings. The van der Waals surface area contributed by atoms with Gasteiger partial charge in [0.15, 0.2) is 0 Å². The highest BCUT2D eigenvalue weighted by atomic mass is 16.5. The summed E-state index contributed by atoms with van der Waals surface area (Å²) in [5.74, 6) is 0. The first kappa shape index (κ1) is 7.68. The van der Waals surface area contributed by atoms with Gasteiger partial charge < -0.3 is 15.0 Å². The van der Waals surface area contributed by atoms with E-state index in [2.05, 4.69) is 22.4 Å². The molecule has 1 N–H and O–H groups in total. The highest BCUT2D eigenvalue weighted by molar-refractivity contribution is 5.21. The number of nitrogens with one attached hydrogen (secondary N) is 1. The van der Waals surface area contributed by atoms with Crippen LogP contribution in [0.5, 0.6) is 0 Å². The Bertz CT molecular complexity index is 205. The summed E-state index contributed by atoms with van der Waals surface area (Å²) in [4.78, 5) is 2.36. The number of morpholine rings is 1. The Morgan fingerprint density at radius 1 is 1.33 bits per heavy atom. The van der Waals surface area contributed by atoms with Crippen LogP contribution in [0.2, 0.25) is 0 Å². The molecule has 0 unspecified atom stereocenters. The van der Waals surface area contributed by atoms with E-state index in [0.717, 1.165) is 32.8 Å². The molecule has 0 atom stereocenters. The summed E-state index contributed by atoms with van der Waals surface area (Å²) in [6.45, 7) is 4.72. The predicted octanol–water partition coefficient (Wildman–Crippen LogP) is 0.319. The van der Waals surface area contributed by atoms with Crippen molar-refractivity contribution in [1.29, 1.82) is 0 Å². The van der Waals surface area contributed by atoms with Crippen LogP contribution in [-0.4, -0.2) is 37.7 Å². The first-order valence-corrected chi connectivity index (χ1v) is 4.39. The van der Waals surface area contributed by atoms with E-state index in [1.165, 1.54) is 5.70 Å². The molecule has 0 aromatic carbocycles. The molecule has 0 amide bonds. The molecular formula is C9H14N2O. The van der Waals surface area contributed by atoms with E-state index >= 15 is 0 Å². The fourth-order valence-corrected chi connectivity index (χ4v) is 1.50. The molecule has 2 rings (SSSR count). The molecule has 0 aliphatic carbocycles. The van der Waals surface area contributed by atoms with Gasteiger partial charge in [-0.1, -0.05) is 0 Å². The van der Waals surface area contributed by atoms with Gasteiger partial charge in [0, 0.05) is 25.3 Å². The SMILES string of the molecule is C1=CC(N2CCOCC2)=CCN1. The third-order valence-electron chi connectivity index (χ3n) is 2.18. The summed E-state index contributed by atoms with van der Waals surface area (Å²) in [5, 5.41) is 3.14. The van der Waals surface area contributed by atoms with Crippen molar-refractivity contribution in [3.05, 3.63) is 24.0 Å². The van der Waals surface area contributed by atoms with Gasteiger partial charge in [0.2, 0.25) is 0 Å². The maximum Gasteiger partial charge on any atom is 0.0642 e. The number of ether oxygens (including phenoxy) is 1. The van der Waals surface area contributed by atoms with E-state index in [1.807, 2.05) is 6.20 Å². The monoisotopic (exact) mass is 166 g/mol. The van der Waals surface area contributed by atoms with Crippen LogP contribution >= 0.6 is 0 Å². The van der Waals surface area contributed by atoms with Crippen LogP contribution < -0.4 is 5.32 Å². The topological polar surface area (TPSA) is 24.5 Å². The van der Waals surface area contributed by atoms with Gasteiger partial charge in [-0.2, -0.15) is 0 Å². The lowest BCUT2D eigenvalue weighted by molar-refractivity contribution is 0.0551. The van der Waals surface area contributed by atoms with Gasteiger partial charge in [-0.3, -0.25) is 0 Å². The maximum atomic E-state index is 5.28. The molecule has 0 bridgehead atoms. The minimum absolute atomic E-state index is 0.860. The molecule has 0 aromatic heterocycles. The molecule has 3 heteroatoms. The summed E-state index contributed by atoms with van der Waals surface area (Å²) < 4.78 is 5.28. The zero-order valence-corrected chi connectivity index (χ0v) is 7.12. The average molecular weight is 166 g/mol. The van der Waals surface area contributed by atoms with Crippen LogP contribution in [0.4, 0.5) is 0 Å². The summed E-state index contributed by atoms with van der Waals surface area (Å²) in [6.07, 6.45) is 6.34. The molecule has 2 aliphatic heterocycles. The van der Waals surface area contributed by atoms with E-state index in [-0.39, 0.29) is 0 Å². The number of allylic oxidation sites excluding steroid dienone is 1. The van der Waals surface area contributed by atoms with Gasteiger partial charge in [0.05, 0.1) is 13.2 Å². The number of nitrogens with zero attached hydrogens (tertiary/aromatic N) is 1. The van der Waals surface area contributed by atoms with Crippen LogP contribution in [0.15, 0.2) is 24.0 Å². The Kier molecular flexibility index (Phi) is 2.32. The largest absolute Gasteiger partial charge is 0.387 e. The van der Waals surface area contributed by atoms with Gasteiger partial charge >= 0.3 is 0 Å². The third kappa shape index (κ3) is 1.61. The normalized spacial score (nSPS) is 23.3. The highest BCUT2D eigenvalue weighted by Gasteiger charge is 2.11. The first-order chi connectivity index (χ1) is 5.97. The van der Waals surface area contributed by atoms with E-state index in [0.29, 0.717) is 0 Å². The Morgan fingerprint density at radius 2 is 2.17 bits per heavy atom. The third-order valence-corrected chi connectivity index (χ3v) is 2.18. The smallest absolute Gasteiger partial charge is 0.0642 e. The Balaban J connectivity index is 1.97. The van der Waals surface area contributed by atoms with Crippen molar-refractivity contribution in [2.75, 3.05) is 32.8 Å².